The molecule has 6 nitrogen and oxygen atoms in total. The Balaban J connectivity index is 2.75. The second kappa shape index (κ2) is 6.38. The summed E-state index contributed by atoms with van der Waals surface area (Å²) in [6, 6.07) is 4.48. The number of hydrogen-bond acceptors (Lipinski definition) is 5. The van der Waals surface area contributed by atoms with E-state index in [4.69, 9.17) is 9.47 Å². The van der Waals surface area contributed by atoms with Gasteiger partial charge in [-0.1, -0.05) is 0 Å². The molecule has 0 bridgehead atoms. The minimum Gasteiger partial charge on any atom is -0.495 e. The van der Waals surface area contributed by atoms with Crippen molar-refractivity contribution >= 4 is 11.4 Å². The maximum Gasteiger partial charge on any atom is 0.271 e. The third-order valence-electron chi connectivity index (χ3n) is 2.99. The third-order valence-corrected chi connectivity index (χ3v) is 2.99. The van der Waals surface area contributed by atoms with E-state index in [2.05, 4.69) is 5.32 Å². The van der Waals surface area contributed by atoms with Crippen molar-refractivity contribution in [3.05, 3.63) is 28.3 Å². The van der Waals surface area contributed by atoms with E-state index in [9.17, 15) is 10.1 Å². The first-order valence-corrected chi connectivity index (χ1v) is 6.01. The molecule has 6 heteroatoms. The molecule has 0 aliphatic carbocycles. The Labute approximate surface area is 112 Å². The smallest absolute Gasteiger partial charge is 0.271 e. The first kappa shape index (κ1) is 15.2. The molecule has 1 aromatic carbocycles. The van der Waals surface area contributed by atoms with Gasteiger partial charge in [0.2, 0.25) is 0 Å². The molecule has 0 unspecified atom stereocenters. The topological polar surface area (TPSA) is 73.6 Å². The summed E-state index contributed by atoms with van der Waals surface area (Å²) in [6.07, 6.45) is 0.773. The molecule has 1 N–H and O–H groups in total. The quantitative estimate of drug-likeness (QED) is 0.608. The third kappa shape index (κ3) is 4.40. The lowest BCUT2D eigenvalue weighted by Crippen LogP contribution is -2.25. The summed E-state index contributed by atoms with van der Waals surface area (Å²) >= 11 is 0. The fourth-order valence-corrected chi connectivity index (χ4v) is 1.55. The molecule has 0 radical (unpaired) electrons. The monoisotopic (exact) mass is 268 g/mol. The van der Waals surface area contributed by atoms with Crippen LogP contribution >= 0.6 is 0 Å². The number of benzene rings is 1. The molecule has 0 heterocycles. The number of non-ortho nitro benzene ring substituents is 1. The van der Waals surface area contributed by atoms with Gasteiger partial charge in [-0.05, 0) is 26.3 Å². The molecule has 19 heavy (non-hydrogen) atoms. The Morgan fingerprint density at radius 1 is 1.37 bits per heavy atom. The zero-order valence-electron chi connectivity index (χ0n) is 11.7. The Kier molecular flexibility index (Phi) is 5.11. The van der Waals surface area contributed by atoms with Crippen molar-refractivity contribution in [3.63, 3.8) is 0 Å². The lowest BCUT2D eigenvalue weighted by Gasteiger charge is -2.23. The summed E-state index contributed by atoms with van der Waals surface area (Å²) in [5.41, 5.74) is 0.416. The highest BCUT2D eigenvalue weighted by Crippen LogP contribution is 2.29. The van der Waals surface area contributed by atoms with Crippen LogP contribution in [0.3, 0.4) is 0 Å². The van der Waals surface area contributed by atoms with Crippen LogP contribution < -0.4 is 10.1 Å². The van der Waals surface area contributed by atoms with Crippen molar-refractivity contribution in [2.45, 2.75) is 25.9 Å². The number of nitro groups is 1. The molecule has 0 fully saturated rings. The number of anilines is 1. The molecule has 0 spiro atoms. The Morgan fingerprint density at radius 2 is 2.05 bits per heavy atom. The van der Waals surface area contributed by atoms with E-state index in [-0.39, 0.29) is 11.3 Å². The first-order valence-electron chi connectivity index (χ1n) is 6.01. The van der Waals surface area contributed by atoms with Crippen LogP contribution in [-0.4, -0.2) is 31.3 Å². The predicted molar refractivity (Wildman–Crippen MR) is 73.8 cm³/mol. The molecular weight excluding hydrogens is 248 g/mol. The zero-order valence-corrected chi connectivity index (χ0v) is 11.7. The van der Waals surface area contributed by atoms with Crippen LogP contribution in [0.25, 0.3) is 0 Å². The average molecular weight is 268 g/mol. The van der Waals surface area contributed by atoms with Crippen molar-refractivity contribution in [2.24, 2.45) is 0 Å². The fourth-order valence-electron chi connectivity index (χ4n) is 1.55. The van der Waals surface area contributed by atoms with Gasteiger partial charge >= 0.3 is 0 Å². The predicted octanol–water partition coefficient (Wildman–Crippen LogP) is 2.83. The summed E-state index contributed by atoms with van der Waals surface area (Å²) in [5, 5.41) is 13.9. The van der Waals surface area contributed by atoms with Crippen LogP contribution in [0.5, 0.6) is 5.75 Å². The highest BCUT2D eigenvalue weighted by molar-refractivity contribution is 5.61. The number of nitrogens with zero attached hydrogens (tertiary/aromatic N) is 1. The van der Waals surface area contributed by atoms with Gasteiger partial charge in [0.05, 0.1) is 23.3 Å². The molecule has 0 aliphatic heterocycles. The minimum atomic E-state index is -0.427. The standard InChI is InChI=1S/C13H20N2O4/c1-13(2,19-4)7-8-14-11-9-10(15(16)17)5-6-12(11)18-3/h5-6,9,14H,7-8H2,1-4H3. The van der Waals surface area contributed by atoms with Gasteiger partial charge < -0.3 is 14.8 Å². The van der Waals surface area contributed by atoms with Gasteiger partial charge in [0.15, 0.2) is 0 Å². The van der Waals surface area contributed by atoms with Gasteiger partial charge in [0.25, 0.3) is 5.69 Å². The highest BCUT2D eigenvalue weighted by atomic mass is 16.6. The van der Waals surface area contributed by atoms with Crippen molar-refractivity contribution in [3.8, 4) is 5.75 Å². The van der Waals surface area contributed by atoms with Gasteiger partial charge in [-0.15, -0.1) is 0 Å². The van der Waals surface area contributed by atoms with E-state index in [1.807, 2.05) is 13.8 Å². The van der Waals surface area contributed by atoms with Crippen molar-refractivity contribution in [1.82, 2.24) is 0 Å². The maximum atomic E-state index is 10.7. The van der Waals surface area contributed by atoms with Crippen LogP contribution in [0.2, 0.25) is 0 Å². The fraction of sp³-hybridized carbons (Fsp3) is 0.538. The molecule has 0 atom stereocenters. The van der Waals surface area contributed by atoms with Crippen LogP contribution in [-0.2, 0) is 4.74 Å². The average Bonchev–Trinajstić information content (AvgIpc) is 2.38. The van der Waals surface area contributed by atoms with E-state index in [1.54, 1.807) is 13.2 Å². The lowest BCUT2D eigenvalue weighted by molar-refractivity contribution is -0.384. The van der Waals surface area contributed by atoms with Crippen molar-refractivity contribution in [1.29, 1.82) is 0 Å². The van der Waals surface area contributed by atoms with E-state index in [1.165, 1.54) is 19.2 Å². The molecule has 0 saturated heterocycles. The number of rotatable bonds is 7. The Hall–Kier alpha value is -1.82. The number of hydrogen-bond donors (Lipinski definition) is 1. The van der Waals surface area contributed by atoms with Gasteiger partial charge in [-0.25, -0.2) is 0 Å². The van der Waals surface area contributed by atoms with Crippen LogP contribution in [0.15, 0.2) is 18.2 Å². The van der Waals surface area contributed by atoms with E-state index >= 15 is 0 Å². The number of methoxy groups -OCH3 is 2. The highest BCUT2D eigenvalue weighted by Gasteiger charge is 2.16. The van der Waals surface area contributed by atoms with Gasteiger partial charge in [0, 0.05) is 25.8 Å². The second-order valence-corrected chi connectivity index (χ2v) is 4.78. The zero-order chi connectivity index (χ0) is 14.5. The van der Waals surface area contributed by atoms with Gasteiger partial charge in [-0.3, -0.25) is 10.1 Å². The number of nitro benzene ring substituents is 1. The summed E-state index contributed by atoms with van der Waals surface area (Å²) in [6.45, 7) is 4.61. The largest absolute Gasteiger partial charge is 0.495 e. The molecule has 1 aromatic rings. The lowest BCUT2D eigenvalue weighted by atomic mass is 10.1. The summed E-state index contributed by atoms with van der Waals surface area (Å²) in [5.74, 6) is 0.584. The number of nitrogens with one attached hydrogen (secondary N) is 1. The van der Waals surface area contributed by atoms with Crippen molar-refractivity contribution in [2.75, 3.05) is 26.1 Å². The molecule has 106 valence electrons. The summed E-state index contributed by atoms with van der Waals surface area (Å²) < 4.78 is 10.5. The minimum absolute atomic E-state index is 0.0364. The SMILES string of the molecule is COc1ccc([N+](=O)[O-])cc1NCCC(C)(C)OC. The summed E-state index contributed by atoms with van der Waals surface area (Å²) in [4.78, 5) is 10.3. The van der Waals surface area contributed by atoms with E-state index in [0.29, 0.717) is 18.0 Å². The van der Waals surface area contributed by atoms with E-state index in [0.717, 1.165) is 6.42 Å². The molecule has 1 rings (SSSR count). The Morgan fingerprint density at radius 3 is 2.58 bits per heavy atom. The molecule has 0 saturated carbocycles. The summed E-state index contributed by atoms with van der Waals surface area (Å²) in [7, 11) is 3.19. The normalized spacial score (nSPS) is 11.2. The van der Waals surface area contributed by atoms with Crippen molar-refractivity contribution < 1.29 is 14.4 Å². The maximum absolute atomic E-state index is 10.7. The molecule has 0 amide bonds. The van der Waals surface area contributed by atoms with Crippen LogP contribution in [0.4, 0.5) is 11.4 Å². The molecule has 0 aliphatic rings. The molecular formula is C13H20N2O4. The van der Waals surface area contributed by atoms with Gasteiger partial charge in [0.1, 0.15) is 5.75 Å². The molecule has 0 aromatic heterocycles. The van der Waals surface area contributed by atoms with Crippen LogP contribution in [0, 0.1) is 10.1 Å². The number of ether oxygens (including phenoxy) is 2. The Bertz CT molecular complexity index is 446. The second-order valence-electron chi connectivity index (χ2n) is 4.78. The van der Waals surface area contributed by atoms with Crippen LogP contribution in [0.1, 0.15) is 20.3 Å². The first-order chi connectivity index (χ1) is 8.89. The van der Waals surface area contributed by atoms with Gasteiger partial charge in [-0.2, -0.15) is 0 Å². The van der Waals surface area contributed by atoms with E-state index < -0.39 is 4.92 Å².